The Bertz CT molecular complexity index is 902. The van der Waals surface area contributed by atoms with Crippen molar-refractivity contribution in [1.29, 1.82) is 0 Å². The van der Waals surface area contributed by atoms with Gasteiger partial charge in [-0.1, -0.05) is 19.9 Å². The maximum absolute atomic E-state index is 12.6. The molecule has 2 aromatic heterocycles. The highest BCUT2D eigenvalue weighted by Crippen LogP contribution is 2.34. The Kier molecular flexibility index (Phi) is 4.40. The van der Waals surface area contributed by atoms with Crippen LogP contribution in [0.3, 0.4) is 0 Å². The first-order valence-corrected chi connectivity index (χ1v) is 8.45. The lowest BCUT2D eigenvalue weighted by Crippen LogP contribution is -2.11. The van der Waals surface area contributed by atoms with Crippen LogP contribution in [0.2, 0.25) is 0 Å². The van der Waals surface area contributed by atoms with Crippen LogP contribution >= 0.6 is 11.3 Å². The third-order valence-electron chi connectivity index (χ3n) is 3.74. The zero-order chi connectivity index (χ0) is 17.3. The third-order valence-corrected chi connectivity index (χ3v) is 4.85. The SMILES string of the molecule is COc1cccc(NC(=O)c2sc3nc(C(C)C)ccc3c2N)c1. The molecule has 6 heteroatoms. The van der Waals surface area contributed by atoms with E-state index in [1.807, 2.05) is 24.3 Å². The van der Waals surface area contributed by atoms with Gasteiger partial charge in [-0.15, -0.1) is 11.3 Å². The molecule has 0 aliphatic carbocycles. The zero-order valence-corrected chi connectivity index (χ0v) is 14.6. The fourth-order valence-corrected chi connectivity index (χ4v) is 3.39. The van der Waals surface area contributed by atoms with E-state index in [1.165, 1.54) is 11.3 Å². The Balaban J connectivity index is 1.93. The highest BCUT2D eigenvalue weighted by atomic mass is 32.1. The van der Waals surface area contributed by atoms with Crippen molar-refractivity contribution in [3.05, 3.63) is 47.0 Å². The van der Waals surface area contributed by atoms with E-state index in [0.717, 1.165) is 15.9 Å². The molecule has 0 saturated carbocycles. The molecule has 0 unspecified atom stereocenters. The van der Waals surface area contributed by atoms with Gasteiger partial charge in [0.1, 0.15) is 15.5 Å². The monoisotopic (exact) mass is 341 g/mol. The number of benzene rings is 1. The molecule has 24 heavy (non-hydrogen) atoms. The molecule has 0 radical (unpaired) electrons. The van der Waals surface area contributed by atoms with E-state index in [1.54, 1.807) is 19.2 Å². The number of rotatable bonds is 4. The average molecular weight is 341 g/mol. The number of amides is 1. The molecule has 3 aromatic rings. The molecule has 0 spiro atoms. The van der Waals surface area contributed by atoms with E-state index in [9.17, 15) is 4.79 Å². The lowest BCUT2D eigenvalue weighted by Gasteiger charge is -2.06. The predicted molar refractivity (Wildman–Crippen MR) is 99.1 cm³/mol. The molecule has 0 aliphatic rings. The lowest BCUT2D eigenvalue weighted by atomic mass is 10.1. The summed E-state index contributed by atoms with van der Waals surface area (Å²) in [5, 5.41) is 3.68. The Morgan fingerprint density at radius 3 is 2.79 bits per heavy atom. The molecule has 0 saturated heterocycles. The molecule has 0 bridgehead atoms. The summed E-state index contributed by atoms with van der Waals surface area (Å²) in [6.07, 6.45) is 0. The van der Waals surface area contributed by atoms with E-state index >= 15 is 0 Å². The van der Waals surface area contributed by atoms with Crippen molar-refractivity contribution < 1.29 is 9.53 Å². The second-order valence-electron chi connectivity index (χ2n) is 5.77. The number of anilines is 2. The quantitative estimate of drug-likeness (QED) is 0.743. The highest BCUT2D eigenvalue weighted by Gasteiger charge is 2.18. The fraction of sp³-hybridized carbons (Fsp3) is 0.222. The Morgan fingerprint density at radius 2 is 2.08 bits per heavy atom. The number of carbonyl (C=O) groups excluding carboxylic acids is 1. The first-order chi connectivity index (χ1) is 11.5. The summed E-state index contributed by atoms with van der Waals surface area (Å²) in [5.41, 5.74) is 8.28. The summed E-state index contributed by atoms with van der Waals surface area (Å²) < 4.78 is 5.17. The molecule has 124 valence electrons. The fourth-order valence-electron chi connectivity index (χ4n) is 2.39. The number of hydrogen-bond acceptors (Lipinski definition) is 5. The Hall–Kier alpha value is -2.60. The van der Waals surface area contributed by atoms with Gasteiger partial charge in [-0.2, -0.15) is 0 Å². The third kappa shape index (κ3) is 3.05. The van der Waals surface area contributed by atoms with Crippen molar-refractivity contribution in [2.45, 2.75) is 19.8 Å². The van der Waals surface area contributed by atoms with Gasteiger partial charge in [0.15, 0.2) is 0 Å². The van der Waals surface area contributed by atoms with Crippen LogP contribution in [0.5, 0.6) is 5.75 Å². The summed E-state index contributed by atoms with van der Waals surface area (Å²) in [4.78, 5) is 18.4. The van der Waals surface area contributed by atoms with Gasteiger partial charge >= 0.3 is 0 Å². The summed E-state index contributed by atoms with van der Waals surface area (Å²) in [7, 11) is 1.59. The molecular weight excluding hydrogens is 322 g/mol. The standard InChI is InChI=1S/C18H19N3O2S/c1-10(2)14-8-7-13-15(19)16(24-18(13)21-14)17(22)20-11-5-4-6-12(9-11)23-3/h4-10H,19H2,1-3H3,(H,20,22). The number of ether oxygens (including phenoxy) is 1. The number of pyridine rings is 1. The topological polar surface area (TPSA) is 77.2 Å². The molecule has 2 heterocycles. The number of aromatic nitrogens is 1. The van der Waals surface area contributed by atoms with Gasteiger partial charge in [0.25, 0.3) is 5.91 Å². The largest absolute Gasteiger partial charge is 0.497 e. The van der Waals surface area contributed by atoms with Gasteiger partial charge in [0.05, 0.1) is 12.8 Å². The second kappa shape index (κ2) is 6.49. The smallest absolute Gasteiger partial charge is 0.267 e. The van der Waals surface area contributed by atoms with Crippen LogP contribution in [0, 0.1) is 0 Å². The van der Waals surface area contributed by atoms with Gasteiger partial charge in [0, 0.05) is 22.8 Å². The predicted octanol–water partition coefficient (Wildman–Crippen LogP) is 4.26. The highest BCUT2D eigenvalue weighted by molar-refractivity contribution is 7.21. The minimum Gasteiger partial charge on any atom is -0.497 e. The number of methoxy groups -OCH3 is 1. The number of nitrogens with one attached hydrogen (secondary N) is 1. The molecular formula is C18H19N3O2S. The number of fused-ring (bicyclic) bond motifs is 1. The molecule has 1 amide bonds. The number of nitrogens with zero attached hydrogens (tertiary/aromatic N) is 1. The second-order valence-corrected chi connectivity index (χ2v) is 6.77. The van der Waals surface area contributed by atoms with Gasteiger partial charge in [0.2, 0.25) is 0 Å². The summed E-state index contributed by atoms with van der Waals surface area (Å²) in [5.74, 6) is 0.766. The molecule has 5 nitrogen and oxygen atoms in total. The van der Waals surface area contributed by atoms with Gasteiger partial charge in [-0.25, -0.2) is 4.98 Å². The summed E-state index contributed by atoms with van der Waals surface area (Å²) in [6.45, 7) is 4.17. The molecule has 0 aliphatic heterocycles. The van der Waals surface area contributed by atoms with E-state index in [-0.39, 0.29) is 5.91 Å². The molecule has 0 fully saturated rings. The van der Waals surface area contributed by atoms with Crippen LogP contribution in [0.25, 0.3) is 10.2 Å². The van der Waals surface area contributed by atoms with Crippen molar-refractivity contribution in [3.63, 3.8) is 0 Å². The normalized spacial score (nSPS) is 11.0. The number of hydrogen-bond donors (Lipinski definition) is 2. The average Bonchev–Trinajstić information content (AvgIpc) is 2.91. The number of carbonyl (C=O) groups is 1. The van der Waals surface area contributed by atoms with Crippen molar-refractivity contribution >= 4 is 38.8 Å². The van der Waals surface area contributed by atoms with Crippen LogP contribution in [0.4, 0.5) is 11.4 Å². The van der Waals surface area contributed by atoms with Crippen LogP contribution < -0.4 is 15.8 Å². The molecule has 3 N–H and O–H groups in total. The molecule has 3 rings (SSSR count). The van der Waals surface area contributed by atoms with Crippen molar-refractivity contribution in [2.75, 3.05) is 18.2 Å². The van der Waals surface area contributed by atoms with E-state index in [2.05, 4.69) is 24.1 Å². The van der Waals surface area contributed by atoms with Crippen LogP contribution in [-0.4, -0.2) is 18.0 Å². The zero-order valence-electron chi connectivity index (χ0n) is 13.8. The number of nitrogens with two attached hydrogens (primary N) is 1. The first kappa shape index (κ1) is 16.3. The van der Waals surface area contributed by atoms with Gasteiger partial charge in [-0.3, -0.25) is 4.79 Å². The minimum atomic E-state index is -0.241. The summed E-state index contributed by atoms with van der Waals surface area (Å²) in [6, 6.07) is 11.1. The van der Waals surface area contributed by atoms with Gasteiger partial charge < -0.3 is 15.8 Å². The number of thiophene rings is 1. The molecule has 0 atom stereocenters. The maximum atomic E-state index is 12.6. The van der Waals surface area contributed by atoms with Crippen molar-refractivity contribution in [3.8, 4) is 5.75 Å². The first-order valence-electron chi connectivity index (χ1n) is 7.64. The van der Waals surface area contributed by atoms with Crippen LogP contribution in [-0.2, 0) is 0 Å². The number of nitrogen functional groups attached to an aromatic ring is 1. The van der Waals surface area contributed by atoms with Gasteiger partial charge in [-0.05, 0) is 30.2 Å². The Morgan fingerprint density at radius 1 is 1.29 bits per heavy atom. The minimum absolute atomic E-state index is 0.241. The van der Waals surface area contributed by atoms with E-state index < -0.39 is 0 Å². The Labute approximate surface area is 144 Å². The maximum Gasteiger partial charge on any atom is 0.267 e. The van der Waals surface area contributed by atoms with Crippen LogP contribution in [0.15, 0.2) is 36.4 Å². The lowest BCUT2D eigenvalue weighted by molar-refractivity contribution is 0.103. The van der Waals surface area contributed by atoms with Crippen LogP contribution in [0.1, 0.15) is 35.1 Å². The van der Waals surface area contributed by atoms with E-state index in [4.69, 9.17) is 10.5 Å². The molecule has 1 aromatic carbocycles. The van der Waals surface area contributed by atoms with Crippen molar-refractivity contribution in [2.24, 2.45) is 0 Å². The van der Waals surface area contributed by atoms with E-state index in [0.29, 0.717) is 27.9 Å². The summed E-state index contributed by atoms with van der Waals surface area (Å²) >= 11 is 1.31. The van der Waals surface area contributed by atoms with Crippen molar-refractivity contribution in [1.82, 2.24) is 4.98 Å².